The van der Waals surface area contributed by atoms with Gasteiger partial charge in [0.1, 0.15) is 0 Å². The molecule has 1 aliphatic heterocycles. The second-order valence-corrected chi connectivity index (χ2v) is 5.07. The molecular weight excluding hydrogens is 210 g/mol. The van der Waals surface area contributed by atoms with Crippen molar-refractivity contribution >= 4 is 0 Å². The van der Waals surface area contributed by atoms with E-state index >= 15 is 0 Å². The van der Waals surface area contributed by atoms with Crippen LogP contribution >= 0.6 is 0 Å². The highest BCUT2D eigenvalue weighted by Gasteiger charge is 2.16. The van der Waals surface area contributed by atoms with Crippen molar-refractivity contribution in [1.82, 2.24) is 5.32 Å². The molecule has 0 saturated carbocycles. The lowest BCUT2D eigenvalue weighted by Gasteiger charge is -2.17. The maximum Gasteiger partial charge on any atom is 0.0700 e. The predicted molar refractivity (Wildman–Crippen MR) is 71.3 cm³/mol. The smallest absolute Gasteiger partial charge is 0.0700 e. The normalized spacial score (nSPS) is 21.6. The van der Waals surface area contributed by atoms with Crippen LogP contribution in [0.4, 0.5) is 0 Å². The molecular formula is C15H23NO. The van der Waals surface area contributed by atoms with Crippen LogP contribution in [0.1, 0.15) is 30.9 Å². The van der Waals surface area contributed by atoms with E-state index in [0.29, 0.717) is 12.1 Å². The van der Waals surface area contributed by atoms with Crippen molar-refractivity contribution in [2.45, 2.75) is 45.3 Å². The Morgan fingerprint density at radius 2 is 2.24 bits per heavy atom. The average Bonchev–Trinajstić information content (AvgIpc) is 2.82. The molecule has 2 heteroatoms. The van der Waals surface area contributed by atoms with Gasteiger partial charge < -0.3 is 10.1 Å². The number of hydrogen-bond acceptors (Lipinski definition) is 2. The first kappa shape index (κ1) is 12.6. The Bertz CT molecular complexity index is 345. The van der Waals surface area contributed by atoms with E-state index in [1.165, 1.54) is 24.0 Å². The second-order valence-electron chi connectivity index (χ2n) is 5.07. The molecule has 2 atom stereocenters. The van der Waals surface area contributed by atoms with Gasteiger partial charge in [-0.1, -0.05) is 24.3 Å². The van der Waals surface area contributed by atoms with E-state index in [1.54, 1.807) is 0 Å². The largest absolute Gasteiger partial charge is 0.377 e. The summed E-state index contributed by atoms with van der Waals surface area (Å²) in [6.07, 6.45) is 3.97. The van der Waals surface area contributed by atoms with Gasteiger partial charge in [0.25, 0.3) is 0 Å². The maximum absolute atomic E-state index is 5.61. The van der Waals surface area contributed by atoms with Crippen LogP contribution in [0.2, 0.25) is 0 Å². The molecule has 1 aromatic rings. The van der Waals surface area contributed by atoms with E-state index in [0.717, 1.165) is 19.6 Å². The lowest BCUT2D eigenvalue weighted by molar-refractivity contribution is 0.108. The highest BCUT2D eigenvalue weighted by molar-refractivity contribution is 5.26. The van der Waals surface area contributed by atoms with Crippen LogP contribution in [0.25, 0.3) is 0 Å². The summed E-state index contributed by atoms with van der Waals surface area (Å²) in [5, 5.41) is 3.58. The monoisotopic (exact) mass is 233 g/mol. The van der Waals surface area contributed by atoms with E-state index in [-0.39, 0.29) is 0 Å². The standard InChI is InChI=1S/C15H23NO/c1-12-6-3-4-7-14(12)10-13(2)16-11-15-8-5-9-17-15/h3-4,6-7,13,15-16H,5,8-11H2,1-2H3. The van der Waals surface area contributed by atoms with E-state index in [2.05, 4.69) is 43.4 Å². The SMILES string of the molecule is Cc1ccccc1CC(C)NCC1CCCO1. The van der Waals surface area contributed by atoms with Crippen LogP contribution in [0.3, 0.4) is 0 Å². The quantitative estimate of drug-likeness (QED) is 0.844. The zero-order valence-corrected chi connectivity index (χ0v) is 10.9. The molecule has 0 radical (unpaired) electrons. The zero-order chi connectivity index (χ0) is 12.1. The third-order valence-electron chi connectivity index (χ3n) is 3.51. The summed E-state index contributed by atoms with van der Waals surface area (Å²) < 4.78 is 5.61. The average molecular weight is 233 g/mol. The molecule has 1 aromatic carbocycles. The maximum atomic E-state index is 5.61. The van der Waals surface area contributed by atoms with Gasteiger partial charge in [0, 0.05) is 19.2 Å². The molecule has 0 amide bonds. The Kier molecular flexibility index (Phi) is 4.57. The van der Waals surface area contributed by atoms with E-state index < -0.39 is 0 Å². The molecule has 2 unspecified atom stereocenters. The number of nitrogens with one attached hydrogen (secondary N) is 1. The molecule has 94 valence electrons. The van der Waals surface area contributed by atoms with Crippen LogP contribution in [-0.2, 0) is 11.2 Å². The van der Waals surface area contributed by atoms with Gasteiger partial charge in [-0.2, -0.15) is 0 Å². The highest BCUT2D eigenvalue weighted by Crippen LogP contribution is 2.12. The Morgan fingerprint density at radius 3 is 2.94 bits per heavy atom. The predicted octanol–water partition coefficient (Wildman–Crippen LogP) is 2.69. The number of benzene rings is 1. The molecule has 17 heavy (non-hydrogen) atoms. The van der Waals surface area contributed by atoms with Crippen molar-refractivity contribution in [3.05, 3.63) is 35.4 Å². The highest BCUT2D eigenvalue weighted by atomic mass is 16.5. The summed E-state index contributed by atoms with van der Waals surface area (Å²) in [7, 11) is 0. The van der Waals surface area contributed by atoms with Gasteiger partial charge >= 0.3 is 0 Å². The van der Waals surface area contributed by atoms with Gasteiger partial charge in [0.2, 0.25) is 0 Å². The minimum atomic E-state index is 0.439. The Labute approximate surface area is 104 Å². The molecule has 1 N–H and O–H groups in total. The van der Waals surface area contributed by atoms with Crippen LogP contribution in [0.5, 0.6) is 0 Å². The van der Waals surface area contributed by atoms with Gasteiger partial charge in [-0.05, 0) is 44.2 Å². The molecule has 0 bridgehead atoms. The third kappa shape index (κ3) is 3.83. The molecule has 0 aromatic heterocycles. The molecule has 2 nitrogen and oxygen atoms in total. The molecule has 2 rings (SSSR count). The summed E-state index contributed by atoms with van der Waals surface area (Å²) in [6, 6.07) is 9.14. The minimum absolute atomic E-state index is 0.439. The summed E-state index contributed by atoms with van der Waals surface area (Å²) >= 11 is 0. The Hall–Kier alpha value is -0.860. The van der Waals surface area contributed by atoms with Crippen molar-refractivity contribution in [2.75, 3.05) is 13.2 Å². The van der Waals surface area contributed by atoms with Crippen molar-refractivity contribution in [3.8, 4) is 0 Å². The summed E-state index contributed by atoms with van der Waals surface area (Å²) in [6.45, 7) is 6.37. The van der Waals surface area contributed by atoms with Crippen LogP contribution in [-0.4, -0.2) is 25.3 Å². The molecule has 1 fully saturated rings. The molecule has 1 saturated heterocycles. The van der Waals surface area contributed by atoms with Gasteiger partial charge in [-0.15, -0.1) is 0 Å². The number of hydrogen-bond donors (Lipinski definition) is 1. The van der Waals surface area contributed by atoms with E-state index in [4.69, 9.17) is 4.74 Å². The summed E-state index contributed by atoms with van der Waals surface area (Å²) in [5.41, 5.74) is 2.83. The van der Waals surface area contributed by atoms with Crippen molar-refractivity contribution < 1.29 is 4.74 Å². The summed E-state index contributed by atoms with van der Waals surface area (Å²) in [4.78, 5) is 0. The topological polar surface area (TPSA) is 21.3 Å². The minimum Gasteiger partial charge on any atom is -0.377 e. The van der Waals surface area contributed by atoms with Crippen LogP contribution < -0.4 is 5.32 Å². The van der Waals surface area contributed by atoms with Gasteiger partial charge in [-0.3, -0.25) is 0 Å². The summed E-state index contributed by atoms with van der Waals surface area (Å²) in [5.74, 6) is 0. The molecule has 0 spiro atoms. The van der Waals surface area contributed by atoms with Crippen LogP contribution in [0.15, 0.2) is 24.3 Å². The van der Waals surface area contributed by atoms with E-state index in [1.807, 2.05) is 0 Å². The van der Waals surface area contributed by atoms with Gasteiger partial charge in [0.15, 0.2) is 0 Å². The molecule has 1 aliphatic rings. The van der Waals surface area contributed by atoms with Crippen molar-refractivity contribution in [1.29, 1.82) is 0 Å². The van der Waals surface area contributed by atoms with E-state index in [9.17, 15) is 0 Å². The molecule has 1 heterocycles. The fraction of sp³-hybridized carbons (Fsp3) is 0.600. The number of rotatable bonds is 5. The first-order valence-corrected chi connectivity index (χ1v) is 6.65. The van der Waals surface area contributed by atoms with Crippen molar-refractivity contribution in [3.63, 3.8) is 0 Å². The Morgan fingerprint density at radius 1 is 1.41 bits per heavy atom. The third-order valence-corrected chi connectivity index (χ3v) is 3.51. The first-order chi connectivity index (χ1) is 8.25. The number of ether oxygens (including phenoxy) is 1. The molecule has 0 aliphatic carbocycles. The lowest BCUT2D eigenvalue weighted by atomic mass is 10.0. The fourth-order valence-corrected chi connectivity index (χ4v) is 2.38. The van der Waals surface area contributed by atoms with Crippen LogP contribution in [0, 0.1) is 6.92 Å². The van der Waals surface area contributed by atoms with Gasteiger partial charge in [0.05, 0.1) is 6.10 Å². The van der Waals surface area contributed by atoms with Crippen molar-refractivity contribution in [2.24, 2.45) is 0 Å². The fourth-order valence-electron chi connectivity index (χ4n) is 2.38. The van der Waals surface area contributed by atoms with Gasteiger partial charge in [-0.25, -0.2) is 0 Å². The zero-order valence-electron chi connectivity index (χ0n) is 10.9. The number of aryl methyl sites for hydroxylation is 1. The second kappa shape index (κ2) is 6.18. The Balaban J connectivity index is 1.76. The lowest BCUT2D eigenvalue weighted by Crippen LogP contribution is -2.34. The first-order valence-electron chi connectivity index (χ1n) is 6.65.